The maximum atomic E-state index is 12.2. The molecule has 0 atom stereocenters. The van der Waals surface area contributed by atoms with E-state index < -0.39 is 6.36 Å². The van der Waals surface area contributed by atoms with Gasteiger partial charge in [0.05, 0.1) is 11.1 Å². The Morgan fingerprint density at radius 1 is 1.11 bits per heavy atom. The lowest BCUT2D eigenvalue weighted by Crippen LogP contribution is -2.17. The van der Waals surface area contributed by atoms with Gasteiger partial charge in [0.25, 0.3) is 0 Å². The van der Waals surface area contributed by atoms with Crippen LogP contribution in [0.3, 0.4) is 0 Å². The van der Waals surface area contributed by atoms with Gasteiger partial charge in [-0.05, 0) is 12.1 Å². The van der Waals surface area contributed by atoms with Gasteiger partial charge in [0.1, 0.15) is 11.8 Å². The fourth-order valence-electron chi connectivity index (χ4n) is 1.39. The molecule has 1 aromatic heterocycles. The number of halogens is 3. The highest BCUT2D eigenvalue weighted by molar-refractivity contribution is 5.63. The van der Waals surface area contributed by atoms with E-state index in [0.29, 0.717) is 0 Å². The summed E-state index contributed by atoms with van der Waals surface area (Å²) in [7, 11) is 0. The zero-order valence-corrected chi connectivity index (χ0v) is 9.35. The molecule has 96 valence electrons. The maximum Gasteiger partial charge on any atom is 0.573 e. The van der Waals surface area contributed by atoms with Crippen molar-refractivity contribution in [2.45, 2.75) is 6.36 Å². The number of alkyl halides is 3. The molecule has 0 aliphatic carbocycles. The van der Waals surface area contributed by atoms with E-state index in [4.69, 9.17) is 5.26 Å². The molecule has 0 aliphatic heterocycles. The highest BCUT2D eigenvalue weighted by Crippen LogP contribution is 2.31. The second-order valence-electron chi connectivity index (χ2n) is 3.45. The zero-order chi connectivity index (χ0) is 13.9. The molecule has 0 amide bonds. The molecule has 0 saturated carbocycles. The smallest absolute Gasteiger partial charge is 0.405 e. The average molecular weight is 265 g/mol. The third kappa shape index (κ3) is 3.19. The van der Waals surface area contributed by atoms with Crippen LogP contribution in [-0.2, 0) is 0 Å². The van der Waals surface area contributed by atoms with Crippen molar-refractivity contribution in [3.63, 3.8) is 0 Å². The standard InChI is InChI=1S/C12H6F3N3O/c13-12(14,15)19-10-4-2-1-3-9(10)11-17-6-8(5-16)7-18-11/h1-4,6-7H. The summed E-state index contributed by atoms with van der Waals surface area (Å²) in [6, 6.07) is 7.35. The zero-order valence-electron chi connectivity index (χ0n) is 9.35. The largest absolute Gasteiger partial charge is 0.573 e. The summed E-state index contributed by atoms with van der Waals surface area (Å²) >= 11 is 0. The van der Waals surface area contributed by atoms with Gasteiger partial charge < -0.3 is 4.74 Å². The lowest BCUT2D eigenvalue weighted by molar-refractivity contribution is -0.274. The van der Waals surface area contributed by atoms with Crippen LogP contribution in [-0.4, -0.2) is 16.3 Å². The van der Waals surface area contributed by atoms with Crippen molar-refractivity contribution < 1.29 is 17.9 Å². The third-order valence-electron chi connectivity index (χ3n) is 2.13. The number of aromatic nitrogens is 2. The fourth-order valence-corrected chi connectivity index (χ4v) is 1.39. The second kappa shape index (κ2) is 4.94. The topological polar surface area (TPSA) is 58.8 Å². The summed E-state index contributed by atoms with van der Waals surface area (Å²) in [4.78, 5) is 7.66. The summed E-state index contributed by atoms with van der Waals surface area (Å²) < 4.78 is 40.6. The lowest BCUT2D eigenvalue weighted by atomic mass is 10.2. The van der Waals surface area contributed by atoms with Crippen LogP contribution in [0, 0.1) is 11.3 Å². The molecule has 0 bridgehead atoms. The maximum absolute atomic E-state index is 12.2. The van der Waals surface area contributed by atoms with Gasteiger partial charge in [0, 0.05) is 12.4 Å². The van der Waals surface area contributed by atoms with Crippen LogP contribution in [0.5, 0.6) is 5.75 Å². The first-order valence-electron chi connectivity index (χ1n) is 5.07. The summed E-state index contributed by atoms with van der Waals surface area (Å²) in [6.45, 7) is 0. The van der Waals surface area contributed by atoms with E-state index in [-0.39, 0.29) is 22.7 Å². The monoisotopic (exact) mass is 265 g/mol. The minimum atomic E-state index is -4.79. The van der Waals surface area contributed by atoms with Gasteiger partial charge in [-0.2, -0.15) is 5.26 Å². The molecular formula is C12H6F3N3O. The van der Waals surface area contributed by atoms with Crippen molar-refractivity contribution in [2.75, 3.05) is 0 Å². The number of benzene rings is 1. The Morgan fingerprint density at radius 3 is 2.32 bits per heavy atom. The first kappa shape index (κ1) is 12.8. The number of nitrogens with zero attached hydrogens (tertiary/aromatic N) is 3. The van der Waals surface area contributed by atoms with E-state index in [2.05, 4.69) is 14.7 Å². The molecule has 4 nitrogen and oxygen atoms in total. The highest BCUT2D eigenvalue weighted by Gasteiger charge is 2.32. The van der Waals surface area contributed by atoms with Crippen LogP contribution in [0.1, 0.15) is 5.56 Å². The number of nitriles is 1. The van der Waals surface area contributed by atoms with Gasteiger partial charge in [-0.1, -0.05) is 12.1 Å². The molecule has 7 heteroatoms. The lowest BCUT2D eigenvalue weighted by Gasteiger charge is -2.12. The van der Waals surface area contributed by atoms with Crippen LogP contribution < -0.4 is 4.74 Å². The van der Waals surface area contributed by atoms with Gasteiger partial charge in [-0.25, -0.2) is 9.97 Å². The molecule has 0 unspecified atom stereocenters. The number of para-hydroxylation sites is 1. The van der Waals surface area contributed by atoms with Gasteiger partial charge in [0.2, 0.25) is 0 Å². The van der Waals surface area contributed by atoms with Crippen molar-refractivity contribution in [2.24, 2.45) is 0 Å². The Hall–Kier alpha value is -2.62. The first-order chi connectivity index (χ1) is 8.99. The average Bonchev–Trinajstić information content (AvgIpc) is 2.38. The Balaban J connectivity index is 2.41. The predicted octanol–water partition coefficient (Wildman–Crippen LogP) is 2.91. The quantitative estimate of drug-likeness (QED) is 0.837. The number of hydrogen-bond donors (Lipinski definition) is 0. The molecule has 2 aromatic rings. The predicted molar refractivity (Wildman–Crippen MR) is 58.9 cm³/mol. The van der Waals surface area contributed by atoms with Crippen molar-refractivity contribution in [3.05, 3.63) is 42.2 Å². The van der Waals surface area contributed by atoms with Gasteiger partial charge in [-0.3, -0.25) is 0 Å². The Kier molecular flexibility index (Phi) is 3.33. The summed E-state index contributed by atoms with van der Waals surface area (Å²) in [6.07, 6.45) is -2.33. The van der Waals surface area contributed by atoms with E-state index in [0.717, 1.165) is 0 Å². The second-order valence-corrected chi connectivity index (χ2v) is 3.45. The van der Waals surface area contributed by atoms with Crippen LogP contribution >= 0.6 is 0 Å². The normalized spacial score (nSPS) is 10.8. The van der Waals surface area contributed by atoms with Gasteiger partial charge in [0.15, 0.2) is 5.82 Å². The minimum Gasteiger partial charge on any atom is -0.405 e. The molecule has 19 heavy (non-hydrogen) atoms. The third-order valence-corrected chi connectivity index (χ3v) is 2.13. The molecule has 0 aliphatic rings. The number of rotatable bonds is 2. The van der Waals surface area contributed by atoms with E-state index in [1.807, 2.05) is 6.07 Å². The highest BCUT2D eigenvalue weighted by atomic mass is 19.4. The summed E-state index contributed by atoms with van der Waals surface area (Å²) in [5, 5.41) is 8.60. The summed E-state index contributed by atoms with van der Waals surface area (Å²) in [5.41, 5.74) is 0.322. The van der Waals surface area contributed by atoms with Gasteiger partial charge in [-0.15, -0.1) is 13.2 Å². The fraction of sp³-hybridized carbons (Fsp3) is 0.0833. The Morgan fingerprint density at radius 2 is 1.74 bits per heavy atom. The number of ether oxygens (including phenoxy) is 1. The molecule has 0 spiro atoms. The van der Waals surface area contributed by atoms with Crippen LogP contribution in [0.25, 0.3) is 11.4 Å². The van der Waals surface area contributed by atoms with Crippen molar-refractivity contribution in [3.8, 4) is 23.2 Å². The Labute approximate surface area is 106 Å². The SMILES string of the molecule is N#Cc1cnc(-c2ccccc2OC(F)(F)F)nc1. The van der Waals surface area contributed by atoms with E-state index in [9.17, 15) is 13.2 Å². The van der Waals surface area contributed by atoms with E-state index >= 15 is 0 Å². The molecular weight excluding hydrogens is 259 g/mol. The molecule has 1 heterocycles. The Bertz CT molecular complexity index is 617. The van der Waals surface area contributed by atoms with E-state index in [1.54, 1.807) is 6.07 Å². The molecule has 1 aromatic carbocycles. The van der Waals surface area contributed by atoms with Crippen LogP contribution in [0.15, 0.2) is 36.7 Å². The molecule has 2 rings (SSSR count). The molecule has 0 N–H and O–H groups in total. The first-order valence-corrected chi connectivity index (χ1v) is 5.07. The molecule has 0 saturated heterocycles. The van der Waals surface area contributed by atoms with E-state index in [1.165, 1.54) is 30.6 Å². The molecule has 0 radical (unpaired) electrons. The summed E-state index contributed by atoms with van der Waals surface area (Å²) in [5.74, 6) is -0.335. The van der Waals surface area contributed by atoms with Crippen LogP contribution in [0.2, 0.25) is 0 Å². The van der Waals surface area contributed by atoms with Crippen molar-refractivity contribution in [1.29, 1.82) is 5.26 Å². The minimum absolute atomic E-state index is 0.0545. The molecule has 0 fully saturated rings. The number of hydrogen-bond acceptors (Lipinski definition) is 4. The van der Waals surface area contributed by atoms with Crippen molar-refractivity contribution in [1.82, 2.24) is 9.97 Å². The van der Waals surface area contributed by atoms with Gasteiger partial charge >= 0.3 is 6.36 Å². The van der Waals surface area contributed by atoms with Crippen LogP contribution in [0.4, 0.5) is 13.2 Å². The van der Waals surface area contributed by atoms with Crippen molar-refractivity contribution >= 4 is 0 Å².